The van der Waals surface area contributed by atoms with E-state index in [0.29, 0.717) is 29.7 Å². The van der Waals surface area contributed by atoms with Gasteiger partial charge >= 0.3 is 0 Å². The van der Waals surface area contributed by atoms with E-state index >= 15 is 0 Å². The SMILES string of the molecule is Cc1ccc(C)c(N2CC(c3nc(-c4cccc(Cl)c4)no3)CC2=O)c1. The summed E-state index contributed by atoms with van der Waals surface area (Å²) < 4.78 is 5.45. The van der Waals surface area contributed by atoms with E-state index in [1.807, 2.05) is 49.1 Å². The number of carbonyl (C=O) groups excluding carboxylic acids is 1. The third-order valence-electron chi connectivity index (χ3n) is 4.65. The van der Waals surface area contributed by atoms with Gasteiger partial charge in [-0.1, -0.05) is 41.0 Å². The molecular weight excluding hydrogens is 350 g/mol. The minimum atomic E-state index is -0.108. The summed E-state index contributed by atoms with van der Waals surface area (Å²) in [6.45, 7) is 4.58. The van der Waals surface area contributed by atoms with Gasteiger partial charge in [0.05, 0.1) is 5.92 Å². The van der Waals surface area contributed by atoms with E-state index in [4.69, 9.17) is 16.1 Å². The minimum Gasteiger partial charge on any atom is -0.339 e. The van der Waals surface area contributed by atoms with Gasteiger partial charge in [0.2, 0.25) is 17.6 Å². The summed E-state index contributed by atoms with van der Waals surface area (Å²) >= 11 is 6.02. The maximum Gasteiger partial charge on any atom is 0.232 e. The second-order valence-electron chi connectivity index (χ2n) is 6.66. The molecular formula is C20H18ClN3O2. The summed E-state index contributed by atoms with van der Waals surface area (Å²) in [4.78, 5) is 18.9. The van der Waals surface area contributed by atoms with Crippen LogP contribution >= 0.6 is 11.6 Å². The van der Waals surface area contributed by atoms with Gasteiger partial charge < -0.3 is 9.42 Å². The first-order chi connectivity index (χ1) is 12.5. The average Bonchev–Trinajstić information content (AvgIpc) is 3.24. The Bertz CT molecular complexity index is 983. The number of hydrogen-bond donors (Lipinski definition) is 0. The highest BCUT2D eigenvalue weighted by molar-refractivity contribution is 6.30. The number of anilines is 1. The molecule has 0 radical (unpaired) electrons. The fourth-order valence-electron chi connectivity index (χ4n) is 3.26. The van der Waals surface area contributed by atoms with Crippen LogP contribution in [0.15, 0.2) is 47.0 Å². The van der Waals surface area contributed by atoms with Crippen molar-refractivity contribution in [3.8, 4) is 11.4 Å². The maximum absolute atomic E-state index is 12.6. The van der Waals surface area contributed by atoms with Crippen LogP contribution in [0, 0.1) is 13.8 Å². The summed E-state index contributed by atoms with van der Waals surface area (Å²) in [7, 11) is 0. The molecule has 0 aliphatic carbocycles. The highest BCUT2D eigenvalue weighted by Gasteiger charge is 2.35. The van der Waals surface area contributed by atoms with Crippen LogP contribution in [0.25, 0.3) is 11.4 Å². The molecule has 1 saturated heterocycles. The van der Waals surface area contributed by atoms with Crippen LogP contribution in [0.4, 0.5) is 5.69 Å². The smallest absolute Gasteiger partial charge is 0.232 e. The Balaban J connectivity index is 1.59. The van der Waals surface area contributed by atoms with E-state index in [2.05, 4.69) is 10.1 Å². The largest absolute Gasteiger partial charge is 0.339 e. The molecule has 1 unspecified atom stereocenters. The van der Waals surface area contributed by atoms with Crippen LogP contribution < -0.4 is 4.90 Å². The van der Waals surface area contributed by atoms with Crippen molar-refractivity contribution in [2.24, 2.45) is 0 Å². The van der Waals surface area contributed by atoms with Gasteiger partial charge in [0.25, 0.3) is 0 Å². The first-order valence-electron chi connectivity index (χ1n) is 8.48. The third kappa shape index (κ3) is 3.10. The quantitative estimate of drug-likeness (QED) is 0.682. The van der Waals surface area contributed by atoms with E-state index < -0.39 is 0 Å². The highest BCUT2D eigenvalue weighted by Crippen LogP contribution is 2.34. The van der Waals surface area contributed by atoms with Crippen LogP contribution in [0.1, 0.15) is 29.4 Å². The summed E-state index contributed by atoms with van der Waals surface area (Å²) in [5.41, 5.74) is 3.95. The van der Waals surface area contributed by atoms with Gasteiger partial charge in [-0.25, -0.2) is 0 Å². The monoisotopic (exact) mass is 367 g/mol. The lowest BCUT2D eigenvalue weighted by Gasteiger charge is -2.19. The second kappa shape index (κ2) is 6.57. The van der Waals surface area contributed by atoms with Gasteiger partial charge in [-0.15, -0.1) is 0 Å². The van der Waals surface area contributed by atoms with Gasteiger partial charge in [0.1, 0.15) is 0 Å². The van der Waals surface area contributed by atoms with Crippen LogP contribution in [0.5, 0.6) is 0 Å². The molecule has 1 aromatic heterocycles. The Hall–Kier alpha value is -2.66. The van der Waals surface area contributed by atoms with E-state index in [-0.39, 0.29) is 11.8 Å². The van der Waals surface area contributed by atoms with Gasteiger partial charge in [0, 0.05) is 29.2 Å². The minimum absolute atomic E-state index is 0.0752. The van der Waals surface area contributed by atoms with Crippen molar-refractivity contribution in [3.05, 3.63) is 64.5 Å². The number of carbonyl (C=O) groups is 1. The molecule has 0 spiro atoms. The molecule has 5 nitrogen and oxygen atoms in total. The molecule has 1 atom stereocenters. The van der Waals surface area contributed by atoms with E-state index in [9.17, 15) is 4.79 Å². The first kappa shape index (κ1) is 16.8. The molecule has 4 rings (SSSR count). The molecule has 1 fully saturated rings. The van der Waals surface area contributed by atoms with Crippen molar-refractivity contribution in [1.29, 1.82) is 0 Å². The Kier molecular flexibility index (Phi) is 4.24. The molecule has 1 aliphatic rings. The van der Waals surface area contributed by atoms with Crippen molar-refractivity contribution in [2.45, 2.75) is 26.2 Å². The molecule has 2 aromatic carbocycles. The van der Waals surface area contributed by atoms with Crippen molar-refractivity contribution in [2.75, 3.05) is 11.4 Å². The number of aryl methyl sites for hydroxylation is 2. The first-order valence-corrected chi connectivity index (χ1v) is 8.86. The number of nitrogens with zero attached hydrogens (tertiary/aromatic N) is 3. The average molecular weight is 368 g/mol. The van der Waals surface area contributed by atoms with Crippen molar-refractivity contribution in [1.82, 2.24) is 10.1 Å². The maximum atomic E-state index is 12.6. The van der Waals surface area contributed by atoms with E-state index in [1.165, 1.54) is 0 Å². The van der Waals surface area contributed by atoms with Gasteiger partial charge in [-0.2, -0.15) is 4.98 Å². The molecule has 1 amide bonds. The molecule has 6 heteroatoms. The summed E-state index contributed by atoms with van der Waals surface area (Å²) in [5.74, 6) is 0.940. The molecule has 0 saturated carbocycles. The number of halogens is 1. The third-order valence-corrected chi connectivity index (χ3v) is 4.89. The van der Waals surface area contributed by atoms with Crippen LogP contribution in [-0.2, 0) is 4.79 Å². The summed E-state index contributed by atoms with van der Waals surface area (Å²) in [5, 5.41) is 4.67. The Morgan fingerprint density at radius 2 is 2.04 bits per heavy atom. The van der Waals surface area contributed by atoms with E-state index in [0.717, 1.165) is 22.4 Å². The standard InChI is InChI=1S/C20H18ClN3O2/c1-12-6-7-13(2)17(8-12)24-11-15(10-18(24)25)20-22-19(23-26-20)14-4-3-5-16(21)9-14/h3-9,15H,10-11H2,1-2H3. The highest BCUT2D eigenvalue weighted by atomic mass is 35.5. The summed E-state index contributed by atoms with van der Waals surface area (Å²) in [6.07, 6.45) is 0.366. The fourth-order valence-corrected chi connectivity index (χ4v) is 3.45. The molecule has 0 bridgehead atoms. The summed E-state index contributed by atoms with van der Waals surface area (Å²) in [6, 6.07) is 13.4. The van der Waals surface area contributed by atoms with E-state index in [1.54, 1.807) is 12.1 Å². The number of amides is 1. The Morgan fingerprint density at radius 1 is 1.19 bits per heavy atom. The second-order valence-corrected chi connectivity index (χ2v) is 7.10. The van der Waals surface area contributed by atoms with Crippen molar-refractivity contribution in [3.63, 3.8) is 0 Å². The van der Waals surface area contributed by atoms with Gasteiger partial charge in [-0.3, -0.25) is 4.79 Å². The van der Waals surface area contributed by atoms with Crippen molar-refractivity contribution >= 4 is 23.2 Å². The predicted octanol–water partition coefficient (Wildman–Crippen LogP) is 4.53. The molecule has 132 valence electrons. The number of benzene rings is 2. The number of hydrogen-bond acceptors (Lipinski definition) is 4. The lowest BCUT2D eigenvalue weighted by molar-refractivity contribution is -0.117. The molecule has 1 aliphatic heterocycles. The molecule has 2 heterocycles. The Labute approximate surface area is 156 Å². The fraction of sp³-hybridized carbons (Fsp3) is 0.250. The molecule has 26 heavy (non-hydrogen) atoms. The lowest BCUT2D eigenvalue weighted by atomic mass is 10.1. The van der Waals surface area contributed by atoms with Gasteiger partial charge in [0.15, 0.2) is 0 Å². The Morgan fingerprint density at radius 3 is 2.85 bits per heavy atom. The predicted molar refractivity (Wildman–Crippen MR) is 100 cm³/mol. The topological polar surface area (TPSA) is 59.2 Å². The number of rotatable bonds is 3. The zero-order chi connectivity index (χ0) is 18.3. The lowest BCUT2D eigenvalue weighted by Crippen LogP contribution is -2.25. The van der Waals surface area contributed by atoms with Gasteiger partial charge in [-0.05, 0) is 43.2 Å². The zero-order valence-electron chi connectivity index (χ0n) is 14.6. The number of aromatic nitrogens is 2. The van der Waals surface area contributed by atoms with Crippen LogP contribution in [-0.4, -0.2) is 22.6 Å². The molecule has 0 N–H and O–H groups in total. The van der Waals surface area contributed by atoms with Crippen LogP contribution in [0.3, 0.4) is 0 Å². The molecule has 3 aromatic rings. The van der Waals surface area contributed by atoms with Crippen molar-refractivity contribution < 1.29 is 9.32 Å². The van der Waals surface area contributed by atoms with Crippen LogP contribution in [0.2, 0.25) is 5.02 Å². The zero-order valence-corrected chi connectivity index (χ0v) is 15.3. The normalized spacial score (nSPS) is 17.1.